The monoisotopic (exact) mass is 325 g/mol. The standard InChI is InChI=1S/C18H19N3O3/c1-24-17(22)21-14-3-4-15(21)11-18(23,10-14)7-6-13-2-5-16-19-8-9-20(16)12-13/h2,5,8-9,12,14-15,23H,3-4,10-11H2,1H3. The molecular weight excluding hydrogens is 306 g/mol. The minimum Gasteiger partial charge on any atom is -0.453 e. The Balaban J connectivity index is 1.56. The molecule has 4 rings (SSSR count). The lowest BCUT2D eigenvalue weighted by Crippen LogP contribution is -2.52. The Morgan fingerprint density at radius 3 is 2.83 bits per heavy atom. The number of aromatic nitrogens is 2. The number of hydrogen-bond acceptors (Lipinski definition) is 4. The van der Waals surface area contributed by atoms with Gasteiger partial charge in [0.15, 0.2) is 0 Å². The minimum absolute atomic E-state index is 0.00614. The number of ether oxygens (including phenoxy) is 1. The van der Waals surface area contributed by atoms with Gasteiger partial charge in [-0.25, -0.2) is 9.78 Å². The Morgan fingerprint density at radius 1 is 1.38 bits per heavy atom. The van der Waals surface area contributed by atoms with Crippen LogP contribution in [0.25, 0.3) is 5.65 Å². The lowest BCUT2D eigenvalue weighted by molar-refractivity contribution is -0.00730. The molecule has 2 bridgehead atoms. The minimum atomic E-state index is -1.06. The van der Waals surface area contributed by atoms with Crippen LogP contribution in [0.5, 0.6) is 0 Å². The first-order valence-corrected chi connectivity index (χ1v) is 8.12. The second kappa shape index (κ2) is 5.53. The number of rotatable bonds is 0. The fraction of sp³-hybridized carbons (Fsp3) is 0.444. The summed E-state index contributed by atoms with van der Waals surface area (Å²) < 4.78 is 6.76. The quantitative estimate of drug-likeness (QED) is 0.750. The number of fused-ring (bicyclic) bond motifs is 3. The summed E-state index contributed by atoms with van der Waals surface area (Å²) in [6, 6.07) is 3.81. The highest BCUT2D eigenvalue weighted by molar-refractivity contribution is 5.69. The summed E-state index contributed by atoms with van der Waals surface area (Å²) in [6.45, 7) is 0. The van der Waals surface area contributed by atoms with Gasteiger partial charge in [0.2, 0.25) is 0 Å². The molecule has 0 aliphatic carbocycles. The molecule has 24 heavy (non-hydrogen) atoms. The fourth-order valence-corrected chi connectivity index (χ4v) is 3.91. The summed E-state index contributed by atoms with van der Waals surface area (Å²) in [5.41, 5.74) is 0.639. The largest absolute Gasteiger partial charge is 0.453 e. The van der Waals surface area contributed by atoms with Gasteiger partial charge >= 0.3 is 6.09 Å². The van der Waals surface area contributed by atoms with Crippen LogP contribution in [-0.4, -0.2) is 50.3 Å². The number of nitrogens with zero attached hydrogens (tertiary/aromatic N) is 3. The molecule has 2 atom stereocenters. The highest BCUT2D eigenvalue weighted by Crippen LogP contribution is 2.40. The molecule has 0 saturated carbocycles. The van der Waals surface area contributed by atoms with E-state index in [1.54, 1.807) is 11.1 Å². The Labute approximate surface area is 140 Å². The molecule has 2 unspecified atom stereocenters. The lowest BCUT2D eigenvalue weighted by atomic mass is 9.86. The first kappa shape index (κ1) is 15.0. The van der Waals surface area contributed by atoms with Crippen molar-refractivity contribution in [3.8, 4) is 11.8 Å². The Kier molecular flexibility index (Phi) is 3.47. The molecule has 124 valence electrons. The van der Waals surface area contributed by atoms with Crippen molar-refractivity contribution >= 4 is 11.7 Å². The van der Waals surface area contributed by atoms with Crippen LogP contribution >= 0.6 is 0 Å². The van der Waals surface area contributed by atoms with Crippen LogP contribution in [0.3, 0.4) is 0 Å². The average molecular weight is 325 g/mol. The van der Waals surface area contributed by atoms with Crippen LogP contribution in [-0.2, 0) is 4.74 Å². The lowest BCUT2D eigenvalue weighted by Gasteiger charge is -2.40. The van der Waals surface area contributed by atoms with Gasteiger partial charge in [0.1, 0.15) is 11.2 Å². The summed E-state index contributed by atoms with van der Waals surface area (Å²) >= 11 is 0. The van der Waals surface area contributed by atoms with Crippen LogP contribution in [0.15, 0.2) is 30.7 Å². The van der Waals surface area contributed by atoms with Gasteiger partial charge in [0, 0.05) is 49.1 Å². The third-order valence-electron chi connectivity index (χ3n) is 4.98. The van der Waals surface area contributed by atoms with Gasteiger partial charge in [0.05, 0.1) is 7.11 Å². The van der Waals surface area contributed by atoms with E-state index < -0.39 is 5.60 Å². The van der Waals surface area contributed by atoms with E-state index in [2.05, 4.69) is 16.8 Å². The second-order valence-electron chi connectivity index (χ2n) is 6.56. The molecule has 4 heterocycles. The molecule has 0 spiro atoms. The summed E-state index contributed by atoms with van der Waals surface area (Å²) in [6.07, 6.45) is 7.93. The van der Waals surface area contributed by atoms with Crippen molar-refractivity contribution in [1.29, 1.82) is 0 Å². The van der Waals surface area contributed by atoms with E-state index in [1.807, 2.05) is 28.9 Å². The number of carbonyl (C=O) groups excluding carboxylic acids is 1. The SMILES string of the molecule is COC(=O)N1C2CCC1CC(O)(C#Cc1ccc3nccn3c1)C2. The number of imidazole rings is 1. The van der Waals surface area contributed by atoms with E-state index in [4.69, 9.17) is 4.74 Å². The normalized spacial score (nSPS) is 28.5. The van der Waals surface area contributed by atoms with Gasteiger partial charge in [-0.05, 0) is 25.0 Å². The summed E-state index contributed by atoms with van der Waals surface area (Å²) in [4.78, 5) is 17.9. The first-order chi connectivity index (χ1) is 11.6. The van der Waals surface area contributed by atoms with Gasteiger partial charge in [-0.3, -0.25) is 0 Å². The van der Waals surface area contributed by atoms with Crippen molar-refractivity contribution < 1.29 is 14.6 Å². The van der Waals surface area contributed by atoms with E-state index in [0.717, 1.165) is 24.1 Å². The first-order valence-electron chi connectivity index (χ1n) is 8.12. The third-order valence-corrected chi connectivity index (χ3v) is 4.98. The van der Waals surface area contributed by atoms with E-state index in [1.165, 1.54) is 7.11 Å². The van der Waals surface area contributed by atoms with E-state index in [-0.39, 0.29) is 18.2 Å². The Bertz CT molecular complexity index is 834. The molecule has 2 aliphatic rings. The molecule has 1 N–H and O–H groups in total. The van der Waals surface area contributed by atoms with Crippen molar-refractivity contribution in [3.05, 3.63) is 36.3 Å². The Morgan fingerprint density at radius 2 is 2.12 bits per heavy atom. The van der Waals surface area contributed by atoms with Gasteiger partial charge in [-0.1, -0.05) is 11.8 Å². The number of carbonyl (C=O) groups is 1. The predicted octanol–water partition coefficient (Wildman–Crippen LogP) is 1.81. The van der Waals surface area contributed by atoms with Crippen molar-refractivity contribution in [2.75, 3.05) is 7.11 Å². The second-order valence-corrected chi connectivity index (χ2v) is 6.56. The summed E-state index contributed by atoms with van der Waals surface area (Å²) in [5, 5.41) is 10.9. The summed E-state index contributed by atoms with van der Waals surface area (Å²) in [5.74, 6) is 6.12. The maximum absolute atomic E-state index is 11.9. The van der Waals surface area contributed by atoms with Crippen LogP contribution in [0.2, 0.25) is 0 Å². The van der Waals surface area contributed by atoms with E-state index in [0.29, 0.717) is 12.8 Å². The van der Waals surface area contributed by atoms with Crippen LogP contribution in [0, 0.1) is 11.8 Å². The number of hydrogen-bond donors (Lipinski definition) is 1. The molecule has 2 saturated heterocycles. The average Bonchev–Trinajstić information content (AvgIpc) is 3.15. The topological polar surface area (TPSA) is 67.1 Å². The zero-order chi connectivity index (χ0) is 16.7. The fourth-order valence-electron chi connectivity index (χ4n) is 3.91. The van der Waals surface area contributed by atoms with Crippen LogP contribution in [0.4, 0.5) is 4.79 Å². The highest BCUT2D eigenvalue weighted by atomic mass is 16.5. The smallest absolute Gasteiger partial charge is 0.409 e. The van der Waals surface area contributed by atoms with Crippen molar-refractivity contribution in [1.82, 2.24) is 14.3 Å². The molecular formula is C18H19N3O3. The zero-order valence-electron chi connectivity index (χ0n) is 13.5. The molecule has 6 heteroatoms. The molecule has 2 aromatic rings. The molecule has 1 amide bonds. The number of aliphatic hydroxyl groups is 1. The maximum Gasteiger partial charge on any atom is 0.409 e. The predicted molar refractivity (Wildman–Crippen MR) is 87.3 cm³/mol. The Hall–Kier alpha value is -2.52. The van der Waals surface area contributed by atoms with E-state index >= 15 is 0 Å². The van der Waals surface area contributed by atoms with Gasteiger partial charge in [-0.15, -0.1) is 0 Å². The number of pyridine rings is 1. The molecule has 2 aliphatic heterocycles. The molecule has 6 nitrogen and oxygen atoms in total. The summed E-state index contributed by atoms with van der Waals surface area (Å²) in [7, 11) is 1.40. The van der Waals surface area contributed by atoms with Crippen LogP contribution < -0.4 is 0 Å². The van der Waals surface area contributed by atoms with Crippen molar-refractivity contribution in [2.45, 2.75) is 43.4 Å². The zero-order valence-corrected chi connectivity index (χ0v) is 13.5. The number of piperidine rings is 1. The highest BCUT2D eigenvalue weighted by Gasteiger charge is 2.49. The van der Waals surface area contributed by atoms with Gasteiger partial charge < -0.3 is 19.1 Å². The van der Waals surface area contributed by atoms with Gasteiger partial charge in [0.25, 0.3) is 0 Å². The van der Waals surface area contributed by atoms with Crippen LogP contribution in [0.1, 0.15) is 31.2 Å². The molecule has 2 aromatic heterocycles. The molecule has 0 radical (unpaired) electrons. The molecule has 2 fully saturated rings. The maximum atomic E-state index is 11.9. The number of amides is 1. The van der Waals surface area contributed by atoms with E-state index in [9.17, 15) is 9.90 Å². The number of methoxy groups -OCH3 is 1. The van der Waals surface area contributed by atoms with Crippen molar-refractivity contribution in [2.24, 2.45) is 0 Å². The van der Waals surface area contributed by atoms with Gasteiger partial charge in [-0.2, -0.15) is 0 Å². The van der Waals surface area contributed by atoms with Crippen molar-refractivity contribution in [3.63, 3.8) is 0 Å². The molecule has 0 aromatic carbocycles. The third kappa shape index (κ3) is 2.51.